The summed E-state index contributed by atoms with van der Waals surface area (Å²) in [5, 5.41) is 18.9. The number of carboxylic acids is 1. The van der Waals surface area contributed by atoms with Gasteiger partial charge in [-0.15, -0.1) is 0 Å². The van der Waals surface area contributed by atoms with Crippen molar-refractivity contribution in [2.24, 2.45) is 0 Å². The number of carboxylic acid groups (broad SMARTS) is 1. The Morgan fingerprint density at radius 1 is 1.13 bits per heavy atom. The van der Waals surface area contributed by atoms with Crippen LogP contribution in [0.4, 0.5) is 0 Å². The van der Waals surface area contributed by atoms with E-state index in [2.05, 4.69) is 5.32 Å². The summed E-state index contributed by atoms with van der Waals surface area (Å²) in [5.74, 6) is -2.46. The highest BCUT2D eigenvalue weighted by molar-refractivity contribution is 7.88. The SMILES string of the molecule is CC(=N)CCCC(=O)CCC(NC(=O)CN(C)S(=O)(=O)Cc1ccccc1)C(=O)O. The van der Waals surface area contributed by atoms with Gasteiger partial charge in [-0.1, -0.05) is 30.3 Å². The van der Waals surface area contributed by atoms with Crippen LogP contribution in [0.5, 0.6) is 0 Å². The van der Waals surface area contributed by atoms with Crippen molar-refractivity contribution < 1.29 is 27.9 Å². The van der Waals surface area contributed by atoms with Crippen LogP contribution >= 0.6 is 0 Å². The molecule has 1 aromatic rings. The first-order valence-electron chi connectivity index (χ1n) is 9.57. The predicted octanol–water partition coefficient (Wildman–Crippen LogP) is 1.58. The van der Waals surface area contributed by atoms with E-state index < -0.39 is 34.5 Å². The quantitative estimate of drug-likeness (QED) is 0.375. The molecule has 10 heteroatoms. The number of aliphatic carboxylic acids is 1. The van der Waals surface area contributed by atoms with Gasteiger partial charge in [-0.2, -0.15) is 4.31 Å². The van der Waals surface area contributed by atoms with Crippen molar-refractivity contribution in [1.29, 1.82) is 5.41 Å². The summed E-state index contributed by atoms with van der Waals surface area (Å²) < 4.78 is 25.7. The number of carbonyl (C=O) groups is 3. The maximum absolute atomic E-state index is 12.4. The van der Waals surface area contributed by atoms with Crippen molar-refractivity contribution in [1.82, 2.24) is 9.62 Å². The third-order valence-corrected chi connectivity index (χ3v) is 6.16. The van der Waals surface area contributed by atoms with Crippen molar-refractivity contribution >= 4 is 33.4 Å². The minimum absolute atomic E-state index is 0.0174. The average molecular weight is 440 g/mol. The highest BCUT2D eigenvalue weighted by Crippen LogP contribution is 2.09. The zero-order valence-corrected chi connectivity index (χ0v) is 18.1. The topological polar surface area (TPSA) is 145 Å². The van der Waals surface area contributed by atoms with Gasteiger partial charge in [-0.25, -0.2) is 13.2 Å². The van der Waals surface area contributed by atoms with Gasteiger partial charge in [-0.05, 0) is 31.7 Å². The molecule has 0 saturated heterocycles. The lowest BCUT2D eigenvalue weighted by molar-refractivity contribution is -0.142. The molecule has 0 fully saturated rings. The van der Waals surface area contributed by atoms with Crippen molar-refractivity contribution in [2.45, 2.75) is 50.8 Å². The Bertz CT molecular complexity index is 855. The van der Waals surface area contributed by atoms with Crippen LogP contribution in [-0.4, -0.2) is 60.8 Å². The second-order valence-corrected chi connectivity index (χ2v) is 9.24. The first-order chi connectivity index (χ1) is 14.0. The number of hydrogen-bond donors (Lipinski definition) is 3. The first-order valence-corrected chi connectivity index (χ1v) is 11.2. The molecule has 0 radical (unpaired) electrons. The van der Waals surface area contributed by atoms with Crippen LogP contribution in [0.15, 0.2) is 30.3 Å². The molecule has 1 aromatic carbocycles. The number of Topliss-reactive ketones (excluding diaryl/α,β-unsaturated/α-hetero) is 1. The summed E-state index contributed by atoms with van der Waals surface area (Å²) in [6.45, 7) is 1.13. The normalized spacial score (nSPS) is 12.4. The maximum Gasteiger partial charge on any atom is 0.326 e. The Labute approximate surface area is 177 Å². The molecule has 1 atom stereocenters. The van der Waals surface area contributed by atoms with E-state index in [0.29, 0.717) is 24.1 Å². The molecule has 0 aliphatic rings. The summed E-state index contributed by atoms with van der Waals surface area (Å²) in [6.07, 6.45) is 1.19. The van der Waals surface area contributed by atoms with Gasteiger partial charge in [0.2, 0.25) is 15.9 Å². The Balaban J connectivity index is 2.54. The van der Waals surface area contributed by atoms with Gasteiger partial charge in [0.15, 0.2) is 0 Å². The molecule has 0 bridgehead atoms. The number of likely N-dealkylation sites (N-methyl/N-ethyl adjacent to an activating group) is 1. The number of nitrogens with zero attached hydrogens (tertiary/aromatic N) is 1. The lowest BCUT2D eigenvalue weighted by Gasteiger charge is -2.19. The fourth-order valence-electron chi connectivity index (χ4n) is 2.67. The smallest absolute Gasteiger partial charge is 0.326 e. The molecule has 0 aromatic heterocycles. The molecule has 0 spiro atoms. The highest BCUT2D eigenvalue weighted by Gasteiger charge is 2.25. The fraction of sp³-hybridized carbons (Fsp3) is 0.500. The van der Waals surface area contributed by atoms with Crippen molar-refractivity contribution in [3.8, 4) is 0 Å². The molecule has 30 heavy (non-hydrogen) atoms. The van der Waals surface area contributed by atoms with Crippen LogP contribution in [0.2, 0.25) is 0 Å². The van der Waals surface area contributed by atoms with E-state index in [-0.39, 0.29) is 30.8 Å². The number of rotatable bonds is 14. The van der Waals surface area contributed by atoms with Gasteiger partial charge < -0.3 is 15.8 Å². The van der Waals surface area contributed by atoms with Gasteiger partial charge >= 0.3 is 5.97 Å². The van der Waals surface area contributed by atoms with Crippen molar-refractivity contribution in [2.75, 3.05) is 13.6 Å². The zero-order chi connectivity index (χ0) is 22.7. The average Bonchev–Trinajstić information content (AvgIpc) is 2.64. The number of hydrogen-bond acceptors (Lipinski definition) is 6. The molecule has 166 valence electrons. The number of ketones is 1. The fourth-order valence-corrected chi connectivity index (χ4v) is 3.82. The Morgan fingerprint density at radius 3 is 2.33 bits per heavy atom. The summed E-state index contributed by atoms with van der Waals surface area (Å²) in [4.78, 5) is 35.4. The van der Waals surface area contributed by atoms with E-state index in [4.69, 9.17) is 5.41 Å². The van der Waals surface area contributed by atoms with Crippen LogP contribution < -0.4 is 5.32 Å². The number of sulfonamides is 1. The second-order valence-electron chi connectivity index (χ2n) is 7.17. The molecule has 1 unspecified atom stereocenters. The third-order valence-electron chi connectivity index (χ3n) is 4.39. The van der Waals surface area contributed by atoms with E-state index >= 15 is 0 Å². The van der Waals surface area contributed by atoms with Gasteiger partial charge in [0.25, 0.3) is 0 Å². The van der Waals surface area contributed by atoms with Crippen LogP contribution in [-0.2, 0) is 30.2 Å². The van der Waals surface area contributed by atoms with Crippen LogP contribution in [0.25, 0.3) is 0 Å². The molecule has 0 aliphatic carbocycles. The summed E-state index contributed by atoms with van der Waals surface area (Å²) in [6, 6.07) is 7.22. The molecule has 0 aliphatic heterocycles. The molecule has 1 amide bonds. The van der Waals surface area contributed by atoms with Crippen LogP contribution in [0, 0.1) is 5.41 Å². The first kappa shape index (κ1) is 25.4. The van der Waals surface area contributed by atoms with Gasteiger partial charge in [0.1, 0.15) is 11.8 Å². The van der Waals surface area contributed by atoms with E-state index in [0.717, 1.165) is 4.31 Å². The molecule has 0 heterocycles. The third kappa shape index (κ3) is 9.75. The highest BCUT2D eigenvalue weighted by atomic mass is 32.2. The zero-order valence-electron chi connectivity index (χ0n) is 17.3. The van der Waals surface area contributed by atoms with Crippen molar-refractivity contribution in [3.05, 3.63) is 35.9 Å². The number of nitrogens with one attached hydrogen (secondary N) is 2. The number of benzene rings is 1. The van der Waals surface area contributed by atoms with Gasteiger partial charge in [0.05, 0.1) is 12.3 Å². The molecule has 3 N–H and O–H groups in total. The predicted molar refractivity (Wildman–Crippen MR) is 113 cm³/mol. The molecule has 1 rings (SSSR count). The monoisotopic (exact) mass is 439 g/mol. The van der Waals surface area contributed by atoms with Crippen molar-refractivity contribution in [3.63, 3.8) is 0 Å². The maximum atomic E-state index is 12.4. The minimum Gasteiger partial charge on any atom is -0.480 e. The Kier molecular flexibility index (Phi) is 10.3. The van der Waals surface area contributed by atoms with Gasteiger partial charge in [0, 0.05) is 25.6 Å². The summed E-state index contributed by atoms with van der Waals surface area (Å²) >= 11 is 0. The number of carbonyl (C=O) groups excluding carboxylic acids is 2. The van der Waals surface area contributed by atoms with Crippen LogP contribution in [0.1, 0.15) is 44.6 Å². The van der Waals surface area contributed by atoms with Crippen LogP contribution in [0.3, 0.4) is 0 Å². The minimum atomic E-state index is -3.75. The second kappa shape index (κ2) is 12.2. The lowest BCUT2D eigenvalue weighted by Crippen LogP contribution is -2.46. The largest absolute Gasteiger partial charge is 0.480 e. The van der Waals surface area contributed by atoms with Gasteiger partial charge in [-0.3, -0.25) is 9.59 Å². The van der Waals surface area contributed by atoms with E-state index in [1.807, 2.05) is 0 Å². The molecular weight excluding hydrogens is 410 g/mol. The van der Waals surface area contributed by atoms with E-state index in [9.17, 15) is 27.9 Å². The Hall–Kier alpha value is -2.59. The summed E-state index contributed by atoms with van der Waals surface area (Å²) in [7, 11) is -2.50. The standard InChI is InChI=1S/C20H29N3O6S/c1-15(21)7-6-10-17(24)11-12-18(20(26)27)22-19(25)13-23(2)30(28,29)14-16-8-4-3-5-9-16/h3-5,8-9,18,21H,6-7,10-14H2,1-2H3,(H,22,25)(H,26,27). The number of amides is 1. The van der Waals surface area contributed by atoms with E-state index in [1.54, 1.807) is 37.3 Å². The lowest BCUT2D eigenvalue weighted by atomic mass is 10.0. The Morgan fingerprint density at radius 2 is 1.77 bits per heavy atom. The molecule has 9 nitrogen and oxygen atoms in total. The summed E-state index contributed by atoms with van der Waals surface area (Å²) in [5.41, 5.74) is 1.05. The molecular formula is C20H29N3O6S. The molecule has 0 saturated carbocycles. The van der Waals surface area contributed by atoms with E-state index in [1.165, 1.54) is 7.05 Å².